The van der Waals surface area contributed by atoms with Crippen LogP contribution in [0, 0.1) is 27.7 Å². The van der Waals surface area contributed by atoms with Gasteiger partial charge < -0.3 is 4.74 Å². The van der Waals surface area contributed by atoms with Crippen molar-refractivity contribution < 1.29 is 9.15 Å². The second-order valence-corrected chi connectivity index (χ2v) is 7.94. The van der Waals surface area contributed by atoms with Gasteiger partial charge in [-0.15, -0.1) is 0 Å². The molecular formula is C28H27O2+. The van der Waals surface area contributed by atoms with Crippen LogP contribution in [-0.4, -0.2) is 7.11 Å². The molecule has 0 N–H and O–H groups in total. The molecule has 0 spiro atoms. The Bertz CT molecular complexity index is 1160. The third-order valence-electron chi connectivity index (χ3n) is 5.47. The predicted octanol–water partition coefficient (Wildman–Crippen LogP) is 7.80. The fourth-order valence-corrected chi connectivity index (χ4v) is 4.04. The van der Waals surface area contributed by atoms with Crippen molar-refractivity contribution in [3.8, 4) is 39.5 Å². The van der Waals surface area contributed by atoms with E-state index in [0.29, 0.717) is 0 Å². The highest BCUT2D eigenvalue weighted by molar-refractivity contribution is 5.78. The molecule has 1 aromatic heterocycles. The summed E-state index contributed by atoms with van der Waals surface area (Å²) in [5.74, 6) is 2.53. The van der Waals surface area contributed by atoms with E-state index >= 15 is 0 Å². The lowest BCUT2D eigenvalue weighted by Gasteiger charge is -2.11. The van der Waals surface area contributed by atoms with Crippen molar-refractivity contribution >= 4 is 0 Å². The van der Waals surface area contributed by atoms with Crippen LogP contribution in [0.5, 0.6) is 5.75 Å². The van der Waals surface area contributed by atoms with Crippen molar-refractivity contribution in [3.63, 3.8) is 0 Å². The molecule has 0 radical (unpaired) electrons. The molecule has 4 aromatic rings. The molecule has 2 heteroatoms. The lowest BCUT2D eigenvalue weighted by molar-refractivity contribution is 0.415. The van der Waals surface area contributed by atoms with Crippen molar-refractivity contribution in [2.45, 2.75) is 27.7 Å². The van der Waals surface area contributed by atoms with Crippen LogP contribution in [0.4, 0.5) is 0 Å². The average molecular weight is 396 g/mol. The molecule has 0 aliphatic heterocycles. The highest BCUT2D eigenvalue weighted by atomic mass is 16.5. The summed E-state index contributed by atoms with van der Waals surface area (Å²) in [5, 5.41) is 0. The van der Waals surface area contributed by atoms with E-state index in [-0.39, 0.29) is 0 Å². The van der Waals surface area contributed by atoms with Crippen LogP contribution in [0.1, 0.15) is 22.3 Å². The molecule has 3 aromatic carbocycles. The molecule has 0 aliphatic carbocycles. The Labute approximate surface area is 178 Å². The third-order valence-corrected chi connectivity index (χ3v) is 5.47. The van der Waals surface area contributed by atoms with Gasteiger partial charge in [-0.1, -0.05) is 35.4 Å². The van der Waals surface area contributed by atoms with Gasteiger partial charge in [-0.2, -0.15) is 0 Å². The van der Waals surface area contributed by atoms with E-state index in [1.807, 2.05) is 24.3 Å². The number of hydrogen-bond acceptors (Lipinski definition) is 1. The molecule has 0 saturated heterocycles. The molecular weight excluding hydrogens is 368 g/mol. The van der Waals surface area contributed by atoms with Crippen LogP contribution in [0.2, 0.25) is 0 Å². The van der Waals surface area contributed by atoms with Crippen LogP contribution < -0.4 is 4.74 Å². The van der Waals surface area contributed by atoms with E-state index in [2.05, 4.69) is 76.2 Å². The molecule has 0 unspecified atom stereocenters. The molecule has 2 nitrogen and oxygen atoms in total. The first-order chi connectivity index (χ1) is 14.4. The second kappa shape index (κ2) is 8.16. The summed E-state index contributed by atoms with van der Waals surface area (Å²) in [5.41, 5.74) is 9.58. The first-order valence-electron chi connectivity index (χ1n) is 10.2. The summed E-state index contributed by atoms with van der Waals surface area (Å²) < 4.78 is 11.7. The normalized spacial score (nSPS) is 10.8. The van der Waals surface area contributed by atoms with E-state index in [0.717, 1.165) is 34.0 Å². The van der Waals surface area contributed by atoms with Crippen molar-refractivity contribution in [2.24, 2.45) is 0 Å². The summed E-state index contributed by atoms with van der Waals surface area (Å²) in [6.45, 7) is 8.60. The van der Waals surface area contributed by atoms with Gasteiger partial charge in [0.05, 0.1) is 30.4 Å². The van der Waals surface area contributed by atoms with E-state index < -0.39 is 0 Å². The molecule has 1 heterocycles. The summed E-state index contributed by atoms with van der Waals surface area (Å²) >= 11 is 0. The zero-order valence-electron chi connectivity index (χ0n) is 18.2. The van der Waals surface area contributed by atoms with Gasteiger partial charge in [0.2, 0.25) is 0 Å². The summed E-state index contributed by atoms with van der Waals surface area (Å²) in [7, 11) is 1.68. The molecule has 0 atom stereocenters. The Hall–Kier alpha value is -3.39. The summed E-state index contributed by atoms with van der Waals surface area (Å²) in [4.78, 5) is 0. The lowest BCUT2D eigenvalue weighted by Crippen LogP contribution is -1.92. The molecule has 0 saturated carbocycles. The average Bonchev–Trinajstić information content (AvgIpc) is 2.73. The zero-order chi connectivity index (χ0) is 21.3. The van der Waals surface area contributed by atoms with Crippen LogP contribution in [-0.2, 0) is 0 Å². The number of rotatable bonds is 4. The van der Waals surface area contributed by atoms with Crippen LogP contribution in [0.3, 0.4) is 0 Å². The second-order valence-electron chi connectivity index (χ2n) is 7.94. The molecule has 150 valence electrons. The van der Waals surface area contributed by atoms with Crippen molar-refractivity contribution in [1.82, 2.24) is 0 Å². The Morgan fingerprint density at radius 2 is 1.07 bits per heavy atom. The lowest BCUT2D eigenvalue weighted by atomic mass is 9.93. The fraction of sp³-hybridized carbons (Fsp3) is 0.179. The van der Waals surface area contributed by atoms with Crippen molar-refractivity contribution in [2.75, 3.05) is 7.11 Å². The Kier molecular flexibility index (Phi) is 5.41. The van der Waals surface area contributed by atoms with Gasteiger partial charge in [-0.3, -0.25) is 0 Å². The Morgan fingerprint density at radius 1 is 0.567 bits per heavy atom. The van der Waals surface area contributed by atoms with Crippen LogP contribution in [0.25, 0.3) is 33.8 Å². The molecule has 4 rings (SSSR count). The quantitative estimate of drug-likeness (QED) is 0.329. The van der Waals surface area contributed by atoms with Crippen molar-refractivity contribution in [3.05, 3.63) is 95.1 Å². The SMILES string of the molecule is COc1ccc(-c2cc(-c3c(C)cc(C)cc3C)cc(-c3ccc(C)cc3)[o+]2)cc1. The predicted molar refractivity (Wildman–Crippen MR) is 125 cm³/mol. The number of ether oxygens (including phenoxy) is 1. The monoisotopic (exact) mass is 395 g/mol. The minimum Gasteiger partial charge on any atom is -0.497 e. The fourth-order valence-electron chi connectivity index (χ4n) is 4.04. The van der Waals surface area contributed by atoms with Gasteiger partial charge in [0, 0.05) is 5.56 Å². The maximum Gasteiger partial charge on any atom is 0.361 e. The summed E-state index contributed by atoms with van der Waals surface area (Å²) in [6, 6.07) is 25.2. The van der Waals surface area contributed by atoms with Crippen molar-refractivity contribution in [1.29, 1.82) is 0 Å². The van der Waals surface area contributed by atoms with Gasteiger partial charge in [-0.25, -0.2) is 4.42 Å². The van der Waals surface area contributed by atoms with Crippen LogP contribution in [0.15, 0.2) is 77.2 Å². The molecule has 0 aliphatic rings. The highest BCUT2D eigenvalue weighted by Gasteiger charge is 2.22. The van der Waals surface area contributed by atoms with E-state index in [1.165, 1.54) is 27.8 Å². The minimum absolute atomic E-state index is 0.832. The number of methoxy groups -OCH3 is 1. The van der Waals surface area contributed by atoms with Gasteiger partial charge in [0.25, 0.3) is 0 Å². The molecule has 0 bridgehead atoms. The number of hydrogen-bond donors (Lipinski definition) is 0. The highest BCUT2D eigenvalue weighted by Crippen LogP contribution is 2.36. The van der Waals surface area contributed by atoms with Crippen LogP contribution >= 0.6 is 0 Å². The van der Waals surface area contributed by atoms with E-state index in [4.69, 9.17) is 9.15 Å². The first kappa shape index (κ1) is 19.9. The summed E-state index contributed by atoms with van der Waals surface area (Å²) in [6.07, 6.45) is 0. The van der Waals surface area contributed by atoms with Gasteiger partial charge in [0.15, 0.2) is 0 Å². The maximum absolute atomic E-state index is 6.39. The minimum atomic E-state index is 0.832. The Morgan fingerprint density at radius 3 is 1.57 bits per heavy atom. The van der Waals surface area contributed by atoms with E-state index in [9.17, 15) is 0 Å². The molecule has 30 heavy (non-hydrogen) atoms. The smallest absolute Gasteiger partial charge is 0.361 e. The number of aryl methyl sites for hydroxylation is 4. The Balaban J connectivity index is 1.93. The topological polar surface area (TPSA) is 20.5 Å². The third kappa shape index (κ3) is 3.99. The molecule has 0 fully saturated rings. The van der Waals surface area contributed by atoms with Gasteiger partial charge in [0.1, 0.15) is 5.75 Å². The largest absolute Gasteiger partial charge is 0.497 e. The van der Waals surface area contributed by atoms with Gasteiger partial charge >= 0.3 is 11.5 Å². The van der Waals surface area contributed by atoms with E-state index in [1.54, 1.807) is 7.11 Å². The maximum atomic E-state index is 6.39. The zero-order valence-corrected chi connectivity index (χ0v) is 18.2. The number of benzene rings is 3. The molecule has 0 amide bonds. The first-order valence-corrected chi connectivity index (χ1v) is 10.2. The van der Waals surface area contributed by atoms with Gasteiger partial charge in [-0.05, 0) is 80.8 Å². The standard InChI is InChI=1S/C28H27O2/c1-18-6-8-22(9-7-18)26-16-24(28-20(3)14-19(2)15-21(28)4)17-27(30-26)23-10-12-25(29-5)13-11-23/h6-17H,1-5H3/q+1.